The normalized spacial score (nSPS) is 29.4. The van der Waals surface area contributed by atoms with Gasteiger partial charge in [-0.3, -0.25) is 0 Å². The van der Waals surface area contributed by atoms with Crippen molar-refractivity contribution >= 4 is 6.03 Å². The first kappa shape index (κ1) is 19.2. The second-order valence-electron chi connectivity index (χ2n) is 7.62. The lowest BCUT2D eigenvalue weighted by Crippen LogP contribution is -2.58. The molecule has 0 unspecified atom stereocenters. The van der Waals surface area contributed by atoms with Crippen LogP contribution in [0, 0.1) is 0 Å². The van der Waals surface area contributed by atoms with E-state index in [0.29, 0.717) is 25.2 Å². The Hall–Kier alpha value is -1.59. The van der Waals surface area contributed by atoms with Gasteiger partial charge in [-0.25, -0.2) is 4.79 Å². The Bertz CT molecular complexity index is 558. The van der Waals surface area contributed by atoms with Crippen LogP contribution < -0.4 is 11.1 Å². The van der Waals surface area contributed by atoms with Gasteiger partial charge in [-0.05, 0) is 56.9 Å². The summed E-state index contributed by atoms with van der Waals surface area (Å²) < 4.78 is 6.23. The zero-order chi connectivity index (χ0) is 18.4. The standard InChI is InChI=1S/C21H33N3O2/c1-2-23-21(25)24-14-6-9-19(22)20(24)15-26-18-12-10-17(11-13-18)16-7-4-3-5-8-16/h3-5,7-8,17-20H,2,6,9-15,22H2,1H3,(H,23,25)/t17-,18+,19-,20-/m0/s1. The largest absolute Gasteiger partial charge is 0.376 e. The first-order valence-electron chi connectivity index (χ1n) is 10.2. The molecule has 1 aliphatic carbocycles. The summed E-state index contributed by atoms with van der Waals surface area (Å²) in [5, 5.41) is 2.90. The maximum absolute atomic E-state index is 12.3. The number of hydrogen-bond acceptors (Lipinski definition) is 3. The van der Waals surface area contributed by atoms with Crippen molar-refractivity contribution in [2.45, 2.75) is 69.6 Å². The first-order valence-corrected chi connectivity index (χ1v) is 10.2. The predicted molar refractivity (Wildman–Crippen MR) is 104 cm³/mol. The summed E-state index contributed by atoms with van der Waals surface area (Å²) in [5.41, 5.74) is 7.76. The minimum absolute atomic E-state index is 0.00649. The number of nitrogens with zero attached hydrogens (tertiary/aromatic N) is 1. The van der Waals surface area contributed by atoms with Crippen LogP contribution in [0.4, 0.5) is 4.79 Å². The Morgan fingerprint density at radius 1 is 1.19 bits per heavy atom. The second-order valence-corrected chi connectivity index (χ2v) is 7.62. The molecule has 2 atom stereocenters. The third-order valence-electron chi connectivity index (χ3n) is 5.87. The highest BCUT2D eigenvalue weighted by molar-refractivity contribution is 5.74. The van der Waals surface area contributed by atoms with E-state index in [-0.39, 0.29) is 18.1 Å². The third kappa shape index (κ3) is 4.77. The summed E-state index contributed by atoms with van der Waals surface area (Å²) in [6, 6.07) is 10.8. The Morgan fingerprint density at radius 2 is 1.92 bits per heavy atom. The van der Waals surface area contributed by atoms with Crippen molar-refractivity contribution in [3.63, 3.8) is 0 Å². The Kier molecular flexibility index (Phi) is 6.92. The molecule has 1 aromatic rings. The maximum Gasteiger partial charge on any atom is 0.317 e. The van der Waals surface area contributed by atoms with Gasteiger partial charge in [0.1, 0.15) is 0 Å². The number of carbonyl (C=O) groups is 1. The molecule has 0 spiro atoms. The van der Waals surface area contributed by atoms with Crippen LogP contribution >= 0.6 is 0 Å². The van der Waals surface area contributed by atoms with E-state index in [1.54, 1.807) is 0 Å². The van der Waals surface area contributed by atoms with Crippen molar-refractivity contribution in [3.8, 4) is 0 Å². The summed E-state index contributed by atoms with van der Waals surface area (Å²) in [7, 11) is 0. The molecule has 5 heteroatoms. The minimum Gasteiger partial charge on any atom is -0.376 e. The number of likely N-dealkylation sites (tertiary alicyclic amines) is 1. The van der Waals surface area contributed by atoms with E-state index in [9.17, 15) is 4.79 Å². The molecule has 2 aliphatic rings. The molecule has 0 radical (unpaired) electrons. The van der Waals surface area contributed by atoms with Gasteiger partial charge in [0.05, 0.1) is 18.8 Å². The highest BCUT2D eigenvalue weighted by Crippen LogP contribution is 2.34. The highest BCUT2D eigenvalue weighted by atomic mass is 16.5. The fourth-order valence-electron chi connectivity index (χ4n) is 4.33. The average Bonchev–Trinajstić information content (AvgIpc) is 2.68. The summed E-state index contributed by atoms with van der Waals surface area (Å²) in [4.78, 5) is 14.2. The van der Waals surface area contributed by atoms with Gasteiger partial charge in [-0.2, -0.15) is 0 Å². The molecule has 2 amide bonds. The molecule has 3 N–H and O–H groups in total. The molecule has 0 bridgehead atoms. The smallest absolute Gasteiger partial charge is 0.317 e. The van der Waals surface area contributed by atoms with Crippen LogP contribution in [0.1, 0.15) is 56.9 Å². The SMILES string of the molecule is CCNC(=O)N1CCC[C@H](N)[C@@H]1CO[C@H]1CC[C@@H](c2ccccc2)CC1. The van der Waals surface area contributed by atoms with E-state index in [2.05, 4.69) is 35.6 Å². The monoisotopic (exact) mass is 359 g/mol. The van der Waals surface area contributed by atoms with Crippen LogP contribution in [-0.2, 0) is 4.74 Å². The van der Waals surface area contributed by atoms with Gasteiger partial charge in [0.2, 0.25) is 0 Å². The average molecular weight is 360 g/mol. The van der Waals surface area contributed by atoms with Crippen LogP contribution in [0.25, 0.3) is 0 Å². The molecule has 26 heavy (non-hydrogen) atoms. The fraction of sp³-hybridized carbons (Fsp3) is 0.667. The molecule has 1 saturated heterocycles. The second kappa shape index (κ2) is 9.38. The summed E-state index contributed by atoms with van der Waals surface area (Å²) in [5.74, 6) is 0.653. The van der Waals surface area contributed by atoms with E-state index in [1.807, 2.05) is 11.8 Å². The van der Waals surface area contributed by atoms with Crippen molar-refractivity contribution in [1.82, 2.24) is 10.2 Å². The molecule has 2 fully saturated rings. The number of nitrogens with two attached hydrogens (primary N) is 1. The quantitative estimate of drug-likeness (QED) is 0.848. The van der Waals surface area contributed by atoms with Gasteiger partial charge in [0.15, 0.2) is 0 Å². The number of piperidine rings is 1. The lowest BCUT2D eigenvalue weighted by Gasteiger charge is -2.40. The molecular weight excluding hydrogens is 326 g/mol. The van der Waals surface area contributed by atoms with Crippen molar-refractivity contribution < 1.29 is 9.53 Å². The Labute approximate surface area is 157 Å². The van der Waals surface area contributed by atoms with Gasteiger partial charge in [-0.15, -0.1) is 0 Å². The zero-order valence-electron chi connectivity index (χ0n) is 15.9. The molecule has 1 aliphatic heterocycles. The molecule has 1 aromatic carbocycles. The van der Waals surface area contributed by atoms with Gasteiger partial charge in [-0.1, -0.05) is 30.3 Å². The number of ether oxygens (including phenoxy) is 1. The van der Waals surface area contributed by atoms with Crippen LogP contribution in [0.2, 0.25) is 0 Å². The maximum atomic E-state index is 12.3. The molecule has 5 nitrogen and oxygen atoms in total. The topological polar surface area (TPSA) is 67.6 Å². The number of benzene rings is 1. The van der Waals surface area contributed by atoms with Crippen LogP contribution in [-0.4, -0.2) is 48.8 Å². The van der Waals surface area contributed by atoms with Gasteiger partial charge in [0.25, 0.3) is 0 Å². The van der Waals surface area contributed by atoms with E-state index >= 15 is 0 Å². The number of urea groups is 1. The number of hydrogen-bond donors (Lipinski definition) is 2. The molecule has 144 valence electrons. The molecule has 1 saturated carbocycles. The predicted octanol–water partition coefficient (Wildman–Crippen LogP) is 3.25. The third-order valence-corrected chi connectivity index (χ3v) is 5.87. The number of carbonyl (C=O) groups excluding carboxylic acids is 1. The van der Waals surface area contributed by atoms with Crippen LogP contribution in [0.5, 0.6) is 0 Å². The van der Waals surface area contributed by atoms with Crippen LogP contribution in [0.3, 0.4) is 0 Å². The van der Waals surface area contributed by atoms with Gasteiger partial charge in [0, 0.05) is 19.1 Å². The zero-order valence-corrected chi connectivity index (χ0v) is 15.9. The van der Waals surface area contributed by atoms with E-state index in [4.69, 9.17) is 10.5 Å². The molecule has 0 aromatic heterocycles. The van der Waals surface area contributed by atoms with Crippen molar-refractivity contribution in [1.29, 1.82) is 0 Å². The van der Waals surface area contributed by atoms with Crippen molar-refractivity contribution in [2.75, 3.05) is 19.7 Å². The first-order chi connectivity index (χ1) is 12.7. The lowest BCUT2D eigenvalue weighted by atomic mass is 9.83. The van der Waals surface area contributed by atoms with Gasteiger partial charge >= 0.3 is 6.03 Å². The Balaban J connectivity index is 1.49. The van der Waals surface area contributed by atoms with E-state index in [0.717, 1.165) is 32.2 Å². The molecule has 1 heterocycles. The number of amides is 2. The number of rotatable bonds is 5. The van der Waals surface area contributed by atoms with E-state index in [1.165, 1.54) is 18.4 Å². The molecule has 3 rings (SSSR count). The highest BCUT2D eigenvalue weighted by Gasteiger charge is 2.33. The van der Waals surface area contributed by atoms with Crippen molar-refractivity contribution in [2.24, 2.45) is 5.73 Å². The van der Waals surface area contributed by atoms with Crippen LogP contribution in [0.15, 0.2) is 30.3 Å². The van der Waals surface area contributed by atoms with Gasteiger partial charge < -0.3 is 20.7 Å². The summed E-state index contributed by atoms with van der Waals surface area (Å²) >= 11 is 0. The van der Waals surface area contributed by atoms with E-state index < -0.39 is 0 Å². The lowest BCUT2D eigenvalue weighted by molar-refractivity contribution is -0.0158. The fourth-order valence-corrected chi connectivity index (χ4v) is 4.33. The van der Waals surface area contributed by atoms with Crippen molar-refractivity contribution in [3.05, 3.63) is 35.9 Å². The minimum atomic E-state index is -0.0119. The summed E-state index contributed by atoms with van der Waals surface area (Å²) in [6.45, 7) is 3.91. The summed E-state index contributed by atoms with van der Waals surface area (Å²) in [6.07, 6.45) is 6.74. The number of nitrogens with one attached hydrogen (secondary N) is 1. The molecular formula is C21H33N3O2. The Morgan fingerprint density at radius 3 is 2.62 bits per heavy atom.